The first-order valence-corrected chi connectivity index (χ1v) is 11.3. The molecule has 0 aromatic heterocycles. The Morgan fingerprint density at radius 3 is 2.50 bits per heavy atom. The maximum Gasteiger partial charge on any atom is 0.191 e. The molecule has 1 aromatic rings. The van der Waals surface area contributed by atoms with Gasteiger partial charge in [-0.1, -0.05) is 43.2 Å². The van der Waals surface area contributed by atoms with Crippen LogP contribution in [0.15, 0.2) is 35.3 Å². The molecule has 0 bridgehead atoms. The molecule has 0 spiro atoms. The predicted octanol–water partition coefficient (Wildman–Crippen LogP) is 3.01. The van der Waals surface area contributed by atoms with Crippen LogP contribution in [0, 0.1) is 0 Å². The van der Waals surface area contributed by atoms with Crippen molar-refractivity contribution in [2.45, 2.75) is 63.1 Å². The molecule has 0 radical (unpaired) electrons. The molecule has 2 heterocycles. The molecule has 2 unspecified atom stereocenters. The third-order valence-electron chi connectivity index (χ3n) is 6.85. The van der Waals surface area contributed by atoms with E-state index in [2.05, 4.69) is 55.8 Å². The second-order valence-electron chi connectivity index (χ2n) is 8.69. The minimum absolute atomic E-state index is 0.417. The van der Waals surface area contributed by atoms with Crippen LogP contribution >= 0.6 is 0 Å². The largest absolute Gasteiger partial charge is 0.354 e. The van der Waals surface area contributed by atoms with Crippen LogP contribution in [0.25, 0.3) is 0 Å². The average molecular weight is 384 g/mol. The van der Waals surface area contributed by atoms with E-state index in [0.717, 1.165) is 18.5 Å². The highest BCUT2D eigenvalue weighted by atomic mass is 15.3. The molecule has 2 N–H and O–H groups in total. The summed E-state index contributed by atoms with van der Waals surface area (Å²) in [6, 6.07) is 12.7. The molecule has 2 atom stereocenters. The predicted molar refractivity (Wildman–Crippen MR) is 117 cm³/mol. The Hall–Kier alpha value is -1.59. The fourth-order valence-corrected chi connectivity index (χ4v) is 5.27. The van der Waals surface area contributed by atoms with Gasteiger partial charge >= 0.3 is 0 Å². The van der Waals surface area contributed by atoms with E-state index in [1.54, 1.807) is 0 Å². The van der Waals surface area contributed by atoms with Gasteiger partial charge in [0.15, 0.2) is 5.96 Å². The molecule has 154 valence electrons. The monoisotopic (exact) mass is 383 g/mol. The van der Waals surface area contributed by atoms with Crippen molar-refractivity contribution in [1.29, 1.82) is 0 Å². The molecular weight excluding hydrogens is 346 g/mol. The maximum atomic E-state index is 4.52. The van der Waals surface area contributed by atoms with Gasteiger partial charge < -0.3 is 10.6 Å². The summed E-state index contributed by atoms with van der Waals surface area (Å²) >= 11 is 0. The van der Waals surface area contributed by atoms with E-state index in [4.69, 9.17) is 0 Å². The topological polar surface area (TPSA) is 42.9 Å². The SMILES string of the molecule is CN=C(NCC(c1ccccc1)N1CCCC1)NC1CCN(C2CCCC2)C1. The van der Waals surface area contributed by atoms with Gasteiger partial charge in [0.25, 0.3) is 0 Å². The van der Waals surface area contributed by atoms with Gasteiger partial charge in [-0.05, 0) is 50.8 Å². The Labute approximate surface area is 170 Å². The molecule has 1 saturated carbocycles. The minimum atomic E-state index is 0.417. The lowest BCUT2D eigenvalue weighted by atomic mass is 10.1. The van der Waals surface area contributed by atoms with E-state index in [9.17, 15) is 0 Å². The smallest absolute Gasteiger partial charge is 0.191 e. The zero-order valence-electron chi connectivity index (χ0n) is 17.4. The first-order valence-electron chi connectivity index (χ1n) is 11.3. The molecule has 1 aromatic carbocycles. The molecule has 5 nitrogen and oxygen atoms in total. The summed E-state index contributed by atoms with van der Waals surface area (Å²) in [4.78, 5) is 9.85. The first-order chi connectivity index (χ1) is 13.8. The molecule has 3 fully saturated rings. The van der Waals surface area contributed by atoms with Crippen LogP contribution in [-0.2, 0) is 0 Å². The highest BCUT2D eigenvalue weighted by Gasteiger charge is 2.30. The van der Waals surface area contributed by atoms with Crippen molar-refractivity contribution < 1.29 is 0 Å². The van der Waals surface area contributed by atoms with E-state index in [0.29, 0.717) is 12.1 Å². The molecule has 4 rings (SSSR count). The summed E-state index contributed by atoms with van der Waals surface area (Å²) in [5, 5.41) is 7.33. The van der Waals surface area contributed by atoms with Crippen molar-refractivity contribution in [2.24, 2.45) is 4.99 Å². The quantitative estimate of drug-likeness (QED) is 0.585. The summed E-state index contributed by atoms with van der Waals surface area (Å²) in [7, 11) is 1.90. The number of hydrogen-bond donors (Lipinski definition) is 2. The van der Waals surface area contributed by atoms with Gasteiger partial charge in [0, 0.05) is 38.8 Å². The van der Waals surface area contributed by atoms with Gasteiger partial charge in [0.2, 0.25) is 0 Å². The maximum absolute atomic E-state index is 4.52. The van der Waals surface area contributed by atoms with Crippen molar-refractivity contribution >= 4 is 5.96 Å². The van der Waals surface area contributed by atoms with Crippen molar-refractivity contribution in [3.05, 3.63) is 35.9 Å². The third-order valence-corrected chi connectivity index (χ3v) is 6.85. The standard InChI is InChI=1S/C23H37N5/c1-24-23(26-20-13-16-28(18-20)21-11-5-6-12-21)25-17-22(27-14-7-8-15-27)19-9-3-2-4-10-19/h2-4,9-10,20-22H,5-8,11-18H2,1H3,(H2,24,25,26). The van der Waals surface area contributed by atoms with Gasteiger partial charge in [-0.25, -0.2) is 0 Å². The van der Waals surface area contributed by atoms with Gasteiger partial charge in [0.1, 0.15) is 0 Å². The number of aliphatic imine (C=N–C) groups is 1. The number of hydrogen-bond acceptors (Lipinski definition) is 3. The van der Waals surface area contributed by atoms with Crippen LogP contribution in [0.2, 0.25) is 0 Å². The van der Waals surface area contributed by atoms with E-state index >= 15 is 0 Å². The van der Waals surface area contributed by atoms with Crippen molar-refractivity contribution in [3.8, 4) is 0 Å². The molecule has 28 heavy (non-hydrogen) atoms. The first kappa shape index (κ1) is 19.7. The summed E-state index contributed by atoms with van der Waals surface area (Å²) < 4.78 is 0. The average Bonchev–Trinajstić information content (AvgIpc) is 3.50. The highest BCUT2D eigenvalue weighted by Crippen LogP contribution is 2.27. The van der Waals surface area contributed by atoms with Gasteiger partial charge in [-0.15, -0.1) is 0 Å². The number of nitrogens with one attached hydrogen (secondary N) is 2. The van der Waals surface area contributed by atoms with Crippen LogP contribution in [0.1, 0.15) is 56.6 Å². The Bertz CT molecular complexity index is 619. The highest BCUT2D eigenvalue weighted by molar-refractivity contribution is 5.80. The number of benzene rings is 1. The van der Waals surface area contributed by atoms with Crippen LogP contribution in [-0.4, -0.2) is 67.6 Å². The van der Waals surface area contributed by atoms with Crippen molar-refractivity contribution in [2.75, 3.05) is 39.8 Å². The summed E-state index contributed by atoms with van der Waals surface area (Å²) in [6.07, 6.45) is 9.48. The van der Waals surface area contributed by atoms with Crippen LogP contribution in [0.5, 0.6) is 0 Å². The fraction of sp³-hybridized carbons (Fsp3) is 0.696. The lowest BCUT2D eigenvalue weighted by Gasteiger charge is -2.29. The van der Waals surface area contributed by atoms with E-state index in [1.165, 1.54) is 76.7 Å². The summed E-state index contributed by atoms with van der Waals surface area (Å²) in [5.41, 5.74) is 1.40. The summed E-state index contributed by atoms with van der Waals surface area (Å²) in [5.74, 6) is 0.957. The fourth-order valence-electron chi connectivity index (χ4n) is 5.27. The second-order valence-corrected chi connectivity index (χ2v) is 8.69. The van der Waals surface area contributed by atoms with Crippen LogP contribution < -0.4 is 10.6 Å². The zero-order valence-corrected chi connectivity index (χ0v) is 17.4. The van der Waals surface area contributed by atoms with Crippen molar-refractivity contribution in [1.82, 2.24) is 20.4 Å². The Morgan fingerprint density at radius 1 is 1.04 bits per heavy atom. The van der Waals surface area contributed by atoms with Crippen LogP contribution in [0.4, 0.5) is 0 Å². The minimum Gasteiger partial charge on any atom is -0.354 e. The van der Waals surface area contributed by atoms with E-state index in [1.807, 2.05) is 7.05 Å². The van der Waals surface area contributed by atoms with Gasteiger partial charge in [-0.2, -0.15) is 0 Å². The van der Waals surface area contributed by atoms with Crippen molar-refractivity contribution in [3.63, 3.8) is 0 Å². The van der Waals surface area contributed by atoms with E-state index < -0.39 is 0 Å². The van der Waals surface area contributed by atoms with E-state index in [-0.39, 0.29) is 0 Å². The number of nitrogens with zero attached hydrogens (tertiary/aromatic N) is 3. The lowest BCUT2D eigenvalue weighted by molar-refractivity contribution is 0.241. The summed E-state index contributed by atoms with van der Waals surface area (Å²) in [6.45, 7) is 5.71. The number of guanidine groups is 1. The number of likely N-dealkylation sites (tertiary alicyclic amines) is 2. The molecule has 1 aliphatic carbocycles. The van der Waals surface area contributed by atoms with Gasteiger partial charge in [0.05, 0.1) is 6.04 Å². The van der Waals surface area contributed by atoms with Crippen LogP contribution in [0.3, 0.4) is 0 Å². The van der Waals surface area contributed by atoms with Gasteiger partial charge in [-0.3, -0.25) is 14.8 Å². The Balaban J connectivity index is 1.31. The molecular formula is C23H37N5. The third kappa shape index (κ3) is 4.87. The molecule has 2 aliphatic heterocycles. The lowest BCUT2D eigenvalue weighted by Crippen LogP contribution is -2.47. The Morgan fingerprint density at radius 2 is 1.79 bits per heavy atom. The molecule has 0 amide bonds. The second kappa shape index (κ2) is 9.75. The molecule has 3 aliphatic rings. The number of rotatable bonds is 6. The molecule has 2 saturated heterocycles. The zero-order chi connectivity index (χ0) is 19.2. The molecule has 5 heteroatoms. The Kier molecular flexibility index (Phi) is 6.86. The normalized spacial score (nSPS) is 26.0.